The summed E-state index contributed by atoms with van der Waals surface area (Å²) in [7, 11) is -3.69. The highest BCUT2D eigenvalue weighted by Crippen LogP contribution is 2.29. The Hall–Kier alpha value is -0.640. The Kier molecular flexibility index (Phi) is 4.43. The van der Waals surface area contributed by atoms with Gasteiger partial charge in [-0.3, -0.25) is 0 Å². The number of halogens is 4. The van der Waals surface area contributed by atoms with E-state index >= 15 is 0 Å². The molecule has 0 aromatic heterocycles. The zero-order valence-electron chi connectivity index (χ0n) is 10.1. The highest BCUT2D eigenvalue weighted by molar-refractivity contribution is 9.10. The van der Waals surface area contributed by atoms with Gasteiger partial charge in [-0.1, -0.05) is 12.1 Å². The highest BCUT2D eigenvalue weighted by Gasteiger charge is 2.40. The van der Waals surface area contributed by atoms with Crippen LogP contribution in [0.5, 0.6) is 0 Å². The van der Waals surface area contributed by atoms with Gasteiger partial charge >= 0.3 is 6.18 Å². The smallest absolute Gasteiger partial charge is 0.366 e. The molecule has 2 rings (SSSR count). The van der Waals surface area contributed by atoms with Crippen molar-refractivity contribution in [2.75, 3.05) is 19.7 Å². The molecule has 0 amide bonds. The number of alkyl halides is 3. The van der Waals surface area contributed by atoms with Crippen molar-refractivity contribution < 1.29 is 26.3 Å². The van der Waals surface area contributed by atoms with E-state index in [0.29, 0.717) is 4.47 Å². The van der Waals surface area contributed by atoms with Crippen molar-refractivity contribution in [2.24, 2.45) is 0 Å². The molecule has 0 aliphatic carbocycles. The average Bonchev–Trinajstić information content (AvgIpc) is 2.25. The van der Waals surface area contributed by atoms with E-state index in [4.69, 9.17) is 0 Å². The quantitative estimate of drug-likeness (QED) is 0.813. The third-order valence-electron chi connectivity index (χ3n) is 2.75. The fourth-order valence-corrected chi connectivity index (χ4v) is 4.17. The molecule has 0 atom stereocenters. The molecule has 0 N–H and O–H groups in total. The first kappa shape index (κ1) is 15.7. The lowest BCUT2D eigenvalue weighted by Crippen LogP contribution is -2.55. The minimum Gasteiger partial charge on any atom is -0.366 e. The van der Waals surface area contributed by atoms with Gasteiger partial charge in [-0.2, -0.15) is 17.5 Å². The van der Waals surface area contributed by atoms with Gasteiger partial charge in [0.1, 0.15) is 6.61 Å². The van der Waals surface area contributed by atoms with E-state index in [1.165, 1.54) is 6.07 Å². The number of benzene rings is 1. The largest absolute Gasteiger partial charge is 0.411 e. The van der Waals surface area contributed by atoms with Crippen LogP contribution in [0.25, 0.3) is 0 Å². The molecule has 1 heterocycles. The van der Waals surface area contributed by atoms with Crippen LogP contribution in [-0.4, -0.2) is 44.7 Å². The maximum absolute atomic E-state index is 12.2. The van der Waals surface area contributed by atoms with Gasteiger partial charge in [-0.15, -0.1) is 0 Å². The van der Waals surface area contributed by atoms with Crippen molar-refractivity contribution in [1.29, 1.82) is 0 Å². The maximum Gasteiger partial charge on any atom is 0.411 e. The van der Waals surface area contributed by atoms with Crippen LogP contribution in [0.2, 0.25) is 0 Å². The molecule has 0 saturated carbocycles. The lowest BCUT2D eigenvalue weighted by molar-refractivity contribution is -0.194. The summed E-state index contributed by atoms with van der Waals surface area (Å²) in [5.41, 5.74) is 0. The van der Waals surface area contributed by atoms with Crippen molar-refractivity contribution in [3.63, 3.8) is 0 Å². The molecular formula is C11H11BrF3NO3S. The predicted molar refractivity (Wildman–Crippen MR) is 68.7 cm³/mol. The summed E-state index contributed by atoms with van der Waals surface area (Å²) < 4.78 is 66.4. The maximum atomic E-state index is 12.2. The monoisotopic (exact) mass is 373 g/mol. The summed E-state index contributed by atoms with van der Waals surface area (Å²) in [5, 5.41) is 0. The molecule has 9 heteroatoms. The summed E-state index contributed by atoms with van der Waals surface area (Å²) in [5.74, 6) is 0. The van der Waals surface area contributed by atoms with Crippen LogP contribution in [-0.2, 0) is 14.8 Å². The van der Waals surface area contributed by atoms with Crippen molar-refractivity contribution in [1.82, 2.24) is 4.31 Å². The van der Waals surface area contributed by atoms with E-state index in [1.54, 1.807) is 18.2 Å². The van der Waals surface area contributed by atoms with Crippen LogP contribution < -0.4 is 0 Å². The van der Waals surface area contributed by atoms with Crippen LogP contribution in [0.3, 0.4) is 0 Å². The van der Waals surface area contributed by atoms with Gasteiger partial charge in [0.2, 0.25) is 10.0 Å². The Morgan fingerprint density at radius 2 is 1.90 bits per heavy atom. The molecule has 112 valence electrons. The molecule has 1 saturated heterocycles. The Morgan fingerprint density at radius 1 is 1.30 bits per heavy atom. The third-order valence-corrected chi connectivity index (χ3v) is 5.60. The zero-order chi connectivity index (χ0) is 15.0. The molecule has 0 unspecified atom stereocenters. The van der Waals surface area contributed by atoms with E-state index in [2.05, 4.69) is 20.7 Å². The first-order valence-electron chi connectivity index (χ1n) is 5.63. The second kappa shape index (κ2) is 5.63. The summed E-state index contributed by atoms with van der Waals surface area (Å²) in [6.45, 7) is -1.50. The fraction of sp³-hybridized carbons (Fsp3) is 0.455. The first-order chi connectivity index (χ1) is 9.20. The number of ether oxygens (including phenoxy) is 1. The van der Waals surface area contributed by atoms with Crippen molar-refractivity contribution in [3.05, 3.63) is 28.7 Å². The molecule has 1 aliphatic rings. The van der Waals surface area contributed by atoms with E-state index in [1.807, 2.05) is 0 Å². The van der Waals surface area contributed by atoms with Crippen LogP contribution in [0, 0.1) is 0 Å². The molecule has 0 spiro atoms. The Balaban J connectivity index is 1.97. The molecule has 1 aliphatic heterocycles. The van der Waals surface area contributed by atoms with E-state index in [-0.39, 0.29) is 18.0 Å². The van der Waals surface area contributed by atoms with Gasteiger partial charge in [0, 0.05) is 17.6 Å². The summed E-state index contributed by atoms with van der Waals surface area (Å²) in [4.78, 5) is 0.0919. The molecule has 0 radical (unpaired) electrons. The SMILES string of the molecule is O=S(=O)(c1ccccc1Br)N1CC(OCC(F)(F)F)C1. The standard InChI is InChI=1S/C11H11BrF3NO3S/c12-9-3-1-2-4-10(9)20(17,18)16-5-8(6-16)19-7-11(13,14)15/h1-4,8H,5-7H2. The lowest BCUT2D eigenvalue weighted by Gasteiger charge is -2.37. The van der Waals surface area contributed by atoms with Crippen LogP contribution in [0.15, 0.2) is 33.6 Å². The van der Waals surface area contributed by atoms with Gasteiger partial charge in [0.15, 0.2) is 0 Å². The van der Waals surface area contributed by atoms with E-state index in [9.17, 15) is 21.6 Å². The minimum absolute atomic E-state index is 0.0697. The first-order valence-corrected chi connectivity index (χ1v) is 7.86. The van der Waals surface area contributed by atoms with Gasteiger partial charge in [-0.05, 0) is 28.1 Å². The molecule has 4 nitrogen and oxygen atoms in total. The number of rotatable bonds is 4. The number of sulfonamides is 1. The fourth-order valence-electron chi connectivity index (χ4n) is 1.71. The molecule has 0 bridgehead atoms. The number of nitrogens with zero attached hydrogens (tertiary/aromatic N) is 1. The zero-order valence-corrected chi connectivity index (χ0v) is 12.5. The Morgan fingerprint density at radius 3 is 2.45 bits per heavy atom. The summed E-state index contributed by atoms with van der Waals surface area (Å²) in [6, 6.07) is 6.27. The average molecular weight is 374 g/mol. The van der Waals surface area contributed by atoms with Crippen LogP contribution in [0.1, 0.15) is 0 Å². The van der Waals surface area contributed by atoms with Crippen molar-refractivity contribution >= 4 is 26.0 Å². The topological polar surface area (TPSA) is 46.6 Å². The second-order valence-corrected chi connectivity index (χ2v) is 7.06. The van der Waals surface area contributed by atoms with Crippen molar-refractivity contribution in [2.45, 2.75) is 17.2 Å². The van der Waals surface area contributed by atoms with Gasteiger partial charge in [0.05, 0.1) is 11.0 Å². The molecule has 1 aromatic carbocycles. The molecule has 1 aromatic rings. The molecular weight excluding hydrogens is 363 g/mol. The third kappa shape index (κ3) is 3.51. The van der Waals surface area contributed by atoms with Gasteiger partial charge in [-0.25, -0.2) is 8.42 Å². The minimum atomic E-state index is -4.40. The second-order valence-electron chi connectivity index (χ2n) is 4.30. The highest BCUT2D eigenvalue weighted by atomic mass is 79.9. The predicted octanol–water partition coefficient (Wildman–Crippen LogP) is 2.40. The lowest BCUT2D eigenvalue weighted by atomic mass is 10.2. The Labute approximate surface area is 122 Å². The molecule has 1 fully saturated rings. The molecule has 20 heavy (non-hydrogen) atoms. The normalized spacial score (nSPS) is 18.0. The van der Waals surface area contributed by atoms with Gasteiger partial charge < -0.3 is 4.74 Å². The number of hydrogen-bond acceptors (Lipinski definition) is 3. The van der Waals surface area contributed by atoms with Gasteiger partial charge in [0.25, 0.3) is 0 Å². The van der Waals surface area contributed by atoms with Crippen molar-refractivity contribution in [3.8, 4) is 0 Å². The van der Waals surface area contributed by atoms with Crippen LogP contribution in [0.4, 0.5) is 13.2 Å². The summed E-state index contributed by atoms with van der Waals surface area (Å²) >= 11 is 3.14. The van der Waals surface area contributed by atoms with Crippen LogP contribution >= 0.6 is 15.9 Å². The summed E-state index contributed by atoms with van der Waals surface area (Å²) in [6.07, 6.45) is -5.12. The Bertz CT molecular complexity index is 585. The van der Waals surface area contributed by atoms with E-state index in [0.717, 1.165) is 4.31 Å². The number of hydrogen-bond donors (Lipinski definition) is 0. The van der Waals surface area contributed by atoms with E-state index < -0.39 is 28.9 Å².